The summed E-state index contributed by atoms with van der Waals surface area (Å²) in [5.41, 5.74) is 5.37. The van der Waals surface area contributed by atoms with Gasteiger partial charge in [0.05, 0.1) is 0 Å². The minimum Gasteiger partial charge on any atom is -1.00 e. The molecule has 0 unspecified atom stereocenters. The topological polar surface area (TPSA) is 0 Å². The van der Waals surface area contributed by atoms with Crippen LogP contribution in [-0.2, 0) is 27.1 Å². The SMILES string of the molecule is CCCC1=CCC(C(c2ccccc2)(c2ccccc2)C(C)(C)C)=[C-]1.[Cl-].[Cl-].[Cl-].[Ti+4]. The Bertz CT molecular complexity index is 735. The molecule has 4 heteroatoms. The molecule has 0 fully saturated rings. The Morgan fingerprint density at radius 1 is 0.793 bits per heavy atom. The molecule has 0 saturated carbocycles. The summed E-state index contributed by atoms with van der Waals surface area (Å²) in [7, 11) is 0. The van der Waals surface area contributed by atoms with Crippen LogP contribution in [0.2, 0.25) is 0 Å². The molecule has 0 bridgehead atoms. The number of hydrogen-bond donors (Lipinski definition) is 0. The van der Waals surface area contributed by atoms with Crippen LogP contribution in [0, 0.1) is 11.5 Å². The zero-order valence-electron chi connectivity index (χ0n) is 17.6. The third kappa shape index (κ3) is 6.02. The predicted molar refractivity (Wildman–Crippen MR) is 107 cm³/mol. The molecule has 0 heterocycles. The molecule has 0 spiro atoms. The first-order valence-corrected chi connectivity index (χ1v) is 9.43. The first kappa shape index (κ1) is 30.7. The monoisotopic (exact) mass is 482 g/mol. The molecule has 0 aliphatic heterocycles. The van der Waals surface area contributed by atoms with Gasteiger partial charge in [-0.1, -0.05) is 108 Å². The second-order valence-corrected chi connectivity index (χ2v) is 8.02. The Hall–Kier alpha value is -0.496. The van der Waals surface area contributed by atoms with Crippen LogP contribution in [0.5, 0.6) is 0 Å². The van der Waals surface area contributed by atoms with Crippen LogP contribution in [0.4, 0.5) is 0 Å². The number of rotatable bonds is 5. The molecule has 1 aliphatic rings. The van der Waals surface area contributed by atoms with Gasteiger partial charge in [0.2, 0.25) is 0 Å². The fourth-order valence-corrected chi connectivity index (χ4v) is 4.41. The van der Waals surface area contributed by atoms with Gasteiger partial charge in [-0.15, -0.1) is 0 Å². The summed E-state index contributed by atoms with van der Waals surface area (Å²) in [6.45, 7) is 9.32. The molecule has 0 N–H and O–H groups in total. The largest absolute Gasteiger partial charge is 4.00 e. The van der Waals surface area contributed by atoms with Crippen molar-refractivity contribution < 1.29 is 58.9 Å². The van der Waals surface area contributed by atoms with Gasteiger partial charge in [-0.3, -0.25) is 0 Å². The van der Waals surface area contributed by atoms with Crippen LogP contribution in [0.15, 0.2) is 77.9 Å². The van der Waals surface area contributed by atoms with Crippen molar-refractivity contribution in [3.63, 3.8) is 0 Å². The van der Waals surface area contributed by atoms with Gasteiger partial charge >= 0.3 is 21.7 Å². The van der Waals surface area contributed by atoms with Gasteiger partial charge in [-0.25, -0.2) is 17.7 Å². The number of benzene rings is 2. The Morgan fingerprint density at radius 2 is 1.24 bits per heavy atom. The first-order chi connectivity index (χ1) is 12.0. The minimum absolute atomic E-state index is 0. The molecule has 154 valence electrons. The average molecular weight is 484 g/mol. The van der Waals surface area contributed by atoms with Crippen LogP contribution in [0.3, 0.4) is 0 Å². The summed E-state index contributed by atoms with van der Waals surface area (Å²) < 4.78 is 0. The molecule has 0 saturated heterocycles. The Morgan fingerprint density at radius 3 is 1.62 bits per heavy atom. The second kappa shape index (κ2) is 13.0. The van der Waals surface area contributed by atoms with Crippen LogP contribution in [0.25, 0.3) is 0 Å². The van der Waals surface area contributed by atoms with E-state index in [2.05, 4.69) is 101 Å². The molecule has 0 amide bonds. The van der Waals surface area contributed by atoms with Gasteiger partial charge in [0.15, 0.2) is 0 Å². The summed E-state index contributed by atoms with van der Waals surface area (Å²) in [5, 5.41) is 0. The molecule has 2 aromatic rings. The number of allylic oxidation sites excluding steroid dienone is 4. The Labute approximate surface area is 210 Å². The zero-order chi connectivity index (χ0) is 17.9. The molecular weight excluding hydrogens is 455 g/mol. The maximum Gasteiger partial charge on any atom is 4.00 e. The maximum absolute atomic E-state index is 3.81. The molecule has 0 atom stereocenters. The van der Waals surface area contributed by atoms with E-state index in [0.717, 1.165) is 12.8 Å². The summed E-state index contributed by atoms with van der Waals surface area (Å²) in [6.07, 6.45) is 9.48. The van der Waals surface area contributed by atoms with E-state index in [-0.39, 0.29) is 69.8 Å². The van der Waals surface area contributed by atoms with Crippen LogP contribution in [0.1, 0.15) is 58.1 Å². The van der Waals surface area contributed by atoms with E-state index in [4.69, 9.17) is 0 Å². The van der Waals surface area contributed by atoms with Gasteiger partial charge in [0.25, 0.3) is 0 Å². The van der Waals surface area contributed by atoms with Crippen LogP contribution in [-0.4, -0.2) is 0 Å². The molecule has 0 nitrogen and oxygen atoms in total. The number of hydrogen-bond acceptors (Lipinski definition) is 0. The van der Waals surface area contributed by atoms with Crippen molar-refractivity contribution in [1.82, 2.24) is 0 Å². The van der Waals surface area contributed by atoms with E-state index in [1.54, 1.807) is 0 Å². The van der Waals surface area contributed by atoms with Gasteiger partial charge in [-0.05, 0) is 16.5 Å². The van der Waals surface area contributed by atoms with E-state index in [9.17, 15) is 0 Å². The molecule has 29 heavy (non-hydrogen) atoms. The standard InChI is InChI=1S/C25H29.3ClH.Ti/c1-5-12-20-17-18-23(19-20)25(24(2,3)4,21-13-8-6-9-14-21)22-15-10-7-11-16-22;;;;/h6-11,13-17H,5,12,18H2,1-4H3;3*1H;/q-1;;;;+4/p-3. The molecule has 2 aromatic carbocycles. The summed E-state index contributed by atoms with van der Waals surface area (Å²) >= 11 is 0. The Balaban J connectivity index is 0. The molecular formula is C25H29Cl3Ti. The zero-order valence-corrected chi connectivity index (χ0v) is 21.4. The molecule has 1 aliphatic carbocycles. The van der Waals surface area contributed by atoms with Crippen molar-refractivity contribution in [2.45, 2.75) is 52.4 Å². The van der Waals surface area contributed by atoms with E-state index in [1.807, 2.05) is 0 Å². The quantitative estimate of drug-likeness (QED) is 0.337. The van der Waals surface area contributed by atoms with Crippen LogP contribution < -0.4 is 37.2 Å². The fourth-order valence-electron chi connectivity index (χ4n) is 4.41. The van der Waals surface area contributed by atoms with Gasteiger partial charge in [-0.2, -0.15) is 5.57 Å². The van der Waals surface area contributed by atoms with Crippen molar-refractivity contribution in [3.8, 4) is 0 Å². The van der Waals surface area contributed by atoms with Crippen molar-refractivity contribution in [3.05, 3.63) is 95.1 Å². The Kier molecular flexibility index (Phi) is 13.8. The number of halogens is 3. The third-order valence-corrected chi connectivity index (χ3v) is 5.37. The predicted octanol–water partition coefficient (Wildman–Crippen LogP) is -2.11. The van der Waals surface area contributed by atoms with E-state index >= 15 is 0 Å². The second-order valence-electron chi connectivity index (χ2n) is 8.02. The fraction of sp³-hybridized carbons (Fsp3) is 0.360. The van der Waals surface area contributed by atoms with Crippen molar-refractivity contribution in [2.75, 3.05) is 0 Å². The summed E-state index contributed by atoms with van der Waals surface area (Å²) in [5.74, 6) is 0. The smallest absolute Gasteiger partial charge is 1.00 e. The summed E-state index contributed by atoms with van der Waals surface area (Å²) in [4.78, 5) is 0. The van der Waals surface area contributed by atoms with E-state index < -0.39 is 0 Å². The molecule has 0 aromatic heterocycles. The normalized spacial score (nSPS) is 13.0. The van der Waals surface area contributed by atoms with Gasteiger partial charge in [0.1, 0.15) is 0 Å². The van der Waals surface area contributed by atoms with E-state index in [0.29, 0.717) is 0 Å². The molecule has 3 rings (SSSR count). The van der Waals surface area contributed by atoms with Crippen LogP contribution >= 0.6 is 0 Å². The summed E-state index contributed by atoms with van der Waals surface area (Å²) in [6, 6.07) is 22.0. The molecule has 0 radical (unpaired) electrons. The van der Waals surface area contributed by atoms with Gasteiger partial charge < -0.3 is 37.2 Å². The maximum atomic E-state index is 3.81. The van der Waals surface area contributed by atoms with E-state index in [1.165, 1.54) is 28.7 Å². The van der Waals surface area contributed by atoms with Crippen molar-refractivity contribution in [2.24, 2.45) is 5.41 Å². The van der Waals surface area contributed by atoms with Crippen molar-refractivity contribution in [1.29, 1.82) is 0 Å². The first-order valence-electron chi connectivity index (χ1n) is 9.43. The third-order valence-electron chi connectivity index (χ3n) is 5.37. The van der Waals surface area contributed by atoms with Gasteiger partial charge in [0, 0.05) is 5.41 Å². The minimum atomic E-state index is -0.165. The van der Waals surface area contributed by atoms with Crippen molar-refractivity contribution >= 4 is 0 Å². The average Bonchev–Trinajstić information content (AvgIpc) is 3.05.